The molecular weight excluding hydrogens is 164 g/mol. The molecule has 0 aromatic rings. The van der Waals surface area contributed by atoms with E-state index in [1.807, 2.05) is 6.08 Å². The van der Waals surface area contributed by atoms with Crippen LogP contribution < -0.4 is 0 Å². The zero-order valence-corrected chi connectivity index (χ0v) is 7.87. The predicted octanol–water partition coefficient (Wildman–Crippen LogP) is 2.76. The van der Waals surface area contributed by atoms with Gasteiger partial charge in [0, 0.05) is 12.8 Å². The molecule has 2 aliphatic rings. The Hall–Kier alpha value is -0.760. The van der Waals surface area contributed by atoms with Crippen molar-refractivity contribution in [2.75, 3.05) is 6.61 Å². The minimum absolute atomic E-state index is 0.0199. The summed E-state index contributed by atoms with van der Waals surface area (Å²) >= 11 is 0. The Labute approximate surface area is 79.2 Å². The van der Waals surface area contributed by atoms with Gasteiger partial charge in [-0.25, -0.2) is 0 Å². The first-order chi connectivity index (χ1) is 6.45. The van der Waals surface area contributed by atoms with Gasteiger partial charge in [-0.15, -0.1) is 0 Å². The summed E-state index contributed by atoms with van der Waals surface area (Å²) in [5.74, 6) is 1.08. The SMILES string of the molecule is C1=CCCC(OC2CCCCO2)=C1. The second-order valence-electron chi connectivity index (χ2n) is 3.51. The first-order valence-electron chi connectivity index (χ1n) is 5.09. The Bertz CT molecular complexity index is 212. The van der Waals surface area contributed by atoms with E-state index in [4.69, 9.17) is 9.47 Å². The molecule has 1 aliphatic carbocycles. The molecule has 0 radical (unpaired) electrons. The molecule has 1 atom stereocenters. The molecule has 13 heavy (non-hydrogen) atoms. The summed E-state index contributed by atoms with van der Waals surface area (Å²) in [6.45, 7) is 0.855. The van der Waals surface area contributed by atoms with Gasteiger partial charge in [0.25, 0.3) is 0 Å². The van der Waals surface area contributed by atoms with Crippen LogP contribution in [0.2, 0.25) is 0 Å². The molecule has 1 fully saturated rings. The van der Waals surface area contributed by atoms with Crippen LogP contribution in [0.4, 0.5) is 0 Å². The van der Waals surface area contributed by atoms with Crippen molar-refractivity contribution in [1.82, 2.24) is 0 Å². The molecule has 1 heterocycles. The summed E-state index contributed by atoms with van der Waals surface area (Å²) in [5, 5.41) is 0. The highest BCUT2D eigenvalue weighted by molar-refractivity contribution is 5.13. The number of allylic oxidation sites excluding steroid dienone is 4. The van der Waals surface area contributed by atoms with Crippen LogP contribution in [0.1, 0.15) is 32.1 Å². The maximum absolute atomic E-state index is 5.72. The summed E-state index contributed by atoms with van der Waals surface area (Å²) in [6.07, 6.45) is 11.9. The van der Waals surface area contributed by atoms with E-state index in [1.54, 1.807) is 0 Å². The van der Waals surface area contributed by atoms with Crippen molar-refractivity contribution >= 4 is 0 Å². The minimum atomic E-state index is 0.0199. The molecule has 0 aromatic carbocycles. The van der Waals surface area contributed by atoms with E-state index in [0.717, 1.165) is 31.6 Å². The van der Waals surface area contributed by atoms with Crippen molar-refractivity contribution < 1.29 is 9.47 Å². The molecule has 1 unspecified atom stereocenters. The minimum Gasteiger partial charge on any atom is -0.469 e. The van der Waals surface area contributed by atoms with Crippen molar-refractivity contribution in [3.8, 4) is 0 Å². The van der Waals surface area contributed by atoms with Gasteiger partial charge < -0.3 is 9.47 Å². The summed E-state index contributed by atoms with van der Waals surface area (Å²) in [5.41, 5.74) is 0. The molecule has 1 aliphatic heterocycles. The van der Waals surface area contributed by atoms with Crippen LogP contribution in [-0.2, 0) is 9.47 Å². The molecule has 0 aromatic heterocycles. The lowest BCUT2D eigenvalue weighted by Gasteiger charge is -2.25. The second kappa shape index (κ2) is 4.47. The highest BCUT2D eigenvalue weighted by atomic mass is 16.7. The van der Waals surface area contributed by atoms with Crippen LogP contribution in [0.25, 0.3) is 0 Å². The lowest BCUT2D eigenvalue weighted by molar-refractivity contribution is -0.140. The van der Waals surface area contributed by atoms with Gasteiger partial charge in [0.15, 0.2) is 6.29 Å². The fourth-order valence-corrected chi connectivity index (χ4v) is 1.65. The topological polar surface area (TPSA) is 18.5 Å². The Balaban J connectivity index is 1.82. The fraction of sp³-hybridized carbons (Fsp3) is 0.636. The van der Waals surface area contributed by atoms with Crippen molar-refractivity contribution in [1.29, 1.82) is 0 Å². The molecule has 2 rings (SSSR count). The Morgan fingerprint density at radius 1 is 1.38 bits per heavy atom. The molecule has 2 heteroatoms. The highest BCUT2D eigenvalue weighted by Crippen LogP contribution is 2.20. The molecule has 0 spiro atoms. The third-order valence-corrected chi connectivity index (χ3v) is 2.40. The van der Waals surface area contributed by atoms with Gasteiger partial charge in [-0.2, -0.15) is 0 Å². The molecule has 72 valence electrons. The number of hydrogen-bond donors (Lipinski definition) is 0. The average Bonchev–Trinajstić information content (AvgIpc) is 2.21. The first kappa shape index (κ1) is 8.82. The smallest absolute Gasteiger partial charge is 0.199 e. The maximum atomic E-state index is 5.72. The van der Waals surface area contributed by atoms with Crippen molar-refractivity contribution in [2.24, 2.45) is 0 Å². The largest absolute Gasteiger partial charge is 0.469 e. The van der Waals surface area contributed by atoms with Gasteiger partial charge in [-0.1, -0.05) is 12.2 Å². The molecule has 2 nitrogen and oxygen atoms in total. The molecule has 0 saturated carbocycles. The van der Waals surface area contributed by atoms with E-state index >= 15 is 0 Å². The van der Waals surface area contributed by atoms with Crippen LogP contribution >= 0.6 is 0 Å². The van der Waals surface area contributed by atoms with Crippen LogP contribution in [0.5, 0.6) is 0 Å². The average molecular weight is 180 g/mol. The number of ether oxygens (including phenoxy) is 2. The highest BCUT2D eigenvalue weighted by Gasteiger charge is 2.16. The first-order valence-corrected chi connectivity index (χ1v) is 5.09. The standard InChI is InChI=1S/C11H16O2/c1-2-6-10(7-3-1)13-11-8-4-5-9-12-11/h1-2,6,11H,3-5,7-9H2. The van der Waals surface area contributed by atoms with Crippen molar-refractivity contribution in [3.05, 3.63) is 24.0 Å². The normalized spacial score (nSPS) is 28.3. The Kier molecular flexibility index (Phi) is 3.03. The summed E-state index contributed by atoms with van der Waals surface area (Å²) < 4.78 is 11.2. The number of hydrogen-bond acceptors (Lipinski definition) is 2. The third-order valence-electron chi connectivity index (χ3n) is 2.40. The van der Waals surface area contributed by atoms with E-state index < -0.39 is 0 Å². The lowest BCUT2D eigenvalue weighted by Crippen LogP contribution is -2.22. The third kappa shape index (κ3) is 2.59. The fourth-order valence-electron chi connectivity index (χ4n) is 1.65. The van der Waals surface area contributed by atoms with Gasteiger partial charge in [0.1, 0.15) is 0 Å². The van der Waals surface area contributed by atoms with Gasteiger partial charge in [0.05, 0.1) is 12.4 Å². The van der Waals surface area contributed by atoms with E-state index in [1.165, 1.54) is 12.8 Å². The zero-order chi connectivity index (χ0) is 8.93. The van der Waals surface area contributed by atoms with E-state index in [0.29, 0.717) is 0 Å². The van der Waals surface area contributed by atoms with Gasteiger partial charge in [0.2, 0.25) is 0 Å². The summed E-state index contributed by atoms with van der Waals surface area (Å²) in [7, 11) is 0. The van der Waals surface area contributed by atoms with Crippen LogP contribution in [0.15, 0.2) is 24.0 Å². The zero-order valence-electron chi connectivity index (χ0n) is 7.87. The summed E-state index contributed by atoms with van der Waals surface area (Å²) in [6, 6.07) is 0. The Morgan fingerprint density at radius 3 is 3.08 bits per heavy atom. The monoisotopic (exact) mass is 180 g/mol. The van der Waals surface area contributed by atoms with Crippen LogP contribution in [0.3, 0.4) is 0 Å². The van der Waals surface area contributed by atoms with Crippen molar-refractivity contribution in [2.45, 2.75) is 38.4 Å². The Morgan fingerprint density at radius 2 is 2.38 bits per heavy atom. The second-order valence-corrected chi connectivity index (χ2v) is 3.51. The quantitative estimate of drug-likeness (QED) is 0.650. The number of rotatable bonds is 2. The van der Waals surface area contributed by atoms with Gasteiger partial charge >= 0.3 is 0 Å². The maximum Gasteiger partial charge on any atom is 0.199 e. The van der Waals surface area contributed by atoms with Gasteiger partial charge in [-0.3, -0.25) is 0 Å². The summed E-state index contributed by atoms with van der Waals surface area (Å²) in [4.78, 5) is 0. The molecule has 0 amide bonds. The van der Waals surface area contributed by atoms with Crippen LogP contribution in [-0.4, -0.2) is 12.9 Å². The van der Waals surface area contributed by atoms with E-state index in [-0.39, 0.29) is 6.29 Å². The van der Waals surface area contributed by atoms with E-state index in [9.17, 15) is 0 Å². The van der Waals surface area contributed by atoms with Crippen LogP contribution in [0, 0.1) is 0 Å². The molecule has 1 saturated heterocycles. The van der Waals surface area contributed by atoms with E-state index in [2.05, 4.69) is 12.2 Å². The van der Waals surface area contributed by atoms with Gasteiger partial charge in [-0.05, 0) is 25.3 Å². The lowest BCUT2D eigenvalue weighted by atomic mass is 10.1. The van der Waals surface area contributed by atoms with Crippen molar-refractivity contribution in [3.63, 3.8) is 0 Å². The molecule has 0 N–H and O–H groups in total. The predicted molar refractivity (Wildman–Crippen MR) is 51.1 cm³/mol. The molecule has 0 bridgehead atoms. The molecular formula is C11H16O2.